The Morgan fingerprint density at radius 2 is 1.62 bits per heavy atom. The summed E-state index contributed by atoms with van der Waals surface area (Å²) in [5, 5.41) is 14.3. The van der Waals surface area contributed by atoms with Crippen LogP contribution in [0.3, 0.4) is 0 Å². The van der Waals surface area contributed by atoms with Crippen molar-refractivity contribution in [2.75, 3.05) is 0 Å². The predicted octanol–water partition coefficient (Wildman–Crippen LogP) is 5.01. The smallest absolute Gasteiger partial charge is 0.185 e. The second-order valence-electron chi connectivity index (χ2n) is 6.55. The van der Waals surface area contributed by atoms with E-state index < -0.39 is 0 Å². The van der Waals surface area contributed by atoms with Gasteiger partial charge in [-0.1, -0.05) is 65.4 Å². The number of nitrogens with zero attached hydrogens (tertiary/aromatic N) is 4. The molecule has 130 valence electrons. The molecule has 2 aromatic carbocycles. The maximum atomic E-state index is 4.76. The summed E-state index contributed by atoms with van der Waals surface area (Å²) in [6, 6.07) is 18.8. The number of hydrogen-bond acceptors (Lipinski definition) is 4. The van der Waals surface area contributed by atoms with E-state index in [2.05, 4.69) is 73.4 Å². The first-order valence-electron chi connectivity index (χ1n) is 8.58. The molecule has 0 aliphatic rings. The molecule has 0 saturated carbocycles. The fourth-order valence-corrected chi connectivity index (χ4v) is 3.76. The molecule has 4 aromatic rings. The molecule has 0 unspecified atom stereocenters. The molecule has 0 N–H and O–H groups in total. The molecule has 0 spiro atoms. The number of fused-ring (bicyclic) bond motifs is 1. The monoisotopic (exact) mass is 360 g/mol. The normalized spacial score (nSPS) is 11.2. The van der Waals surface area contributed by atoms with Gasteiger partial charge in [0.2, 0.25) is 0 Å². The van der Waals surface area contributed by atoms with Crippen LogP contribution in [0.15, 0.2) is 59.6 Å². The van der Waals surface area contributed by atoms with Crippen molar-refractivity contribution >= 4 is 17.4 Å². The quantitative estimate of drug-likeness (QED) is 0.480. The van der Waals surface area contributed by atoms with Gasteiger partial charge in [-0.3, -0.25) is 0 Å². The highest BCUT2D eigenvalue weighted by Gasteiger charge is 2.10. The lowest BCUT2D eigenvalue weighted by Crippen LogP contribution is -1.97. The first-order valence-corrected chi connectivity index (χ1v) is 9.57. The summed E-state index contributed by atoms with van der Waals surface area (Å²) in [4.78, 5) is 0. The third kappa shape index (κ3) is 3.35. The molecular formula is C21H20N4S. The fourth-order valence-electron chi connectivity index (χ4n) is 2.84. The molecule has 0 saturated heterocycles. The summed E-state index contributed by atoms with van der Waals surface area (Å²) in [6.45, 7) is 6.36. The Labute approximate surface area is 157 Å². The molecule has 0 aliphatic carbocycles. The number of aromatic nitrogens is 4. The van der Waals surface area contributed by atoms with Crippen molar-refractivity contribution in [2.24, 2.45) is 0 Å². The lowest BCUT2D eigenvalue weighted by atomic mass is 10.1. The average Bonchev–Trinajstić information content (AvgIpc) is 3.06. The van der Waals surface area contributed by atoms with Crippen LogP contribution in [-0.2, 0) is 5.75 Å². The SMILES string of the molecule is Cc1ccc(-c2nnc3ccc(SCc4cc(C)ccc4C)nn23)cc1. The summed E-state index contributed by atoms with van der Waals surface area (Å²) in [7, 11) is 0. The van der Waals surface area contributed by atoms with Crippen molar-refractivity contribution in [1.82, 2.24) is 19.8 Å². The van der Waals surface area contributed by atoms with Gasteiger partial charge >= 0.3 is 0 Å². The average molecular weight is 360 g/mol. The van der Waals surface area contributed by atoms with Crippen LogP contribution in [0, 0.1) is 20.8 Å². The highest BCUT2D eigenvalue weighted by Crippen LogP contribution is 2.25. The molecule has 0 aliphatic heterocycles. The zero-order chi connectivity index (χ0) is 18.1. The molecule has 26 heavy (non-hydrogen) atoms. The summed E-state index contributed by atoms with van der Waals surface area (Å²) in [6.07, 6.45) is 0. The van der Waals surface area contributed by atoms with E-state index in [1.165, 1.54) is 22.3 Å². The van der Waals surface area contributed by atoms with Crippen LogP contribution in [0.4, 0.5) is 0 Å². The second kappa shape index (κ2) is 6.92. The van der Waals surface area contributed by atoms with Crippen LogP contribution in [0.1, 0.15) is 22.3 Å². The van der Waals surface area contributed by atoms with Gasteiger partial charge < -0.3 is 0 Å². The van der Waals surface area contributed by atoms with Crippen molar-refractivity contribution in [3.8, 4) is 11.4 Å². The zero-order valence-corrected chi connectivity index (χ0v) is 15.9. The highest BCUT2D eigenvalue weighted by atomic mass is 32.2. The second-order valence-corrected chi connectivity index (χ2v) is 7.55. The maximum absolute atomic E-state index is 4.76. The minimum atomic E-state index is 0.761. The Bertz CT molecular complexity index is 1070. The number of thioether (sulfide) groups is 1. The summed E-state index contributed by atoms with van der Waals surface area (Å²) >= 11 is 1.73. The Hall–Kier alpha value is -2.66. The van der Waals surface area contributed by atoms with Gasteiger partial charge in [-0.25, -0.2) is 0 Å². The molecule has 4 nitrogen and oxygen atoms in total. The number of rotatable bonds is 4. The summed E-state index contributed by atoms with van der Waals surface area (Å²) in [5.74, 6) is 1.67. The Balaban J connectivity index is 1.63. The van der Waals surface area contributed by atoms with Gasteiger partial charge in [0, 0.05) is 11.3 Å². The molecule has 0 radical (unpaired) electrons. The van der Waals surface area contributed by atoms with E-state index in [-0.39, 0.29) is 0 Å². The Kier molecular flexibility index (Phi) is 4.47. The number of aryl methyl sites for hydroxylation is 3. The molecule has 2 aromatic heterocycles. The summed E-state index contributed by atoms with van der Waals surface area (Å²) in [5.41, 5.74) is 6.95. The van der Waals surface area contributed by atoms with Crippen LogP contribution in [0.2, 0.25) is 0 Å². The van der Waals surface area contributed by atoms with E-state index in [1.54, 1.807) is 11.8 Å². The molecule has 5 heteroatoms. The fraction of sp³-hybridized carbons (Fsp3) is 0.190. The Morgan fingerprint density at radius 1 is 0.846 bits per heavy atom. The van der Waals surface area contributed by atoms with E-state index in [0.29, 0.717) is 0 Å². The van der Waals surface area contributed by atoms with E-state index >= 15 is 0 Å². The molecule has 0 amide bonds. The lowest BCUT2D eigenvalue weighted by Gasteiger charge is -2.07. The van der Waals surface area contributed by atoms with Crippen LogP contribution in [0.5, 0.6) is 0 Å². The van der Waals surface area contributed by atoms with Gasteiger partial charge in [0.1, 0.15) is 5.03 Å². The molecule has 4 rings (SSSR count). The highest BCUT2D eigenvalue weighted by molar-refractivity contribution is 7.98. The van der Waals surface area contributed by atoms with Crippen LogP contribution < -0.4 is 0 Å². The van der Waals surface area contributed by atoms with Crippen molar-refractivity contribution in [2.45, 2.75) is 31.6 Å². The van der Waals surface area contributed by atoms with Gasteiger partial charge in [-0.2, -0.15) is 9.61 Å². The van der Waals surface area contributed by atoms with E-state index in [9.17, 15) is 0 Å². The van der Waals surface area contributed by atoms with Crippen molar-refractivity contribution in [3.63, 3.8) is 0 Å². The number of benzene rings is 2. The predicted molar refractivity (Wildman–Crippen MR) is 106 cm³/mol. The number of hydrogen-bond donors (Lipinski definition) is 0. The third-order valence-electron chi connectivity index (χ3n) is 4.43. The minimum absolute atomic E-state index is 0.761. The molecular weight excluding hydrogens is 340 g/mol. The van der Waals surface area contributed by atoms with Gasteiger partial charge in [-0.05, 0) is 44.0 Å². The summed E-state index contributed by atoms with van der Waals surface area (Å²) < 4.78 is 1.83. The maximum Gasteiger partial charge on any atom is 0.185 e. The minimum Gasteiger partial charge on any atom is -0.192 e. The lowest BCUT2D eigenvalue weighted by molar-refractivity contribution is 0.860. The Morgan fingerprint density at radius 3 is 2.42 bits per heavy atom. The molecule has 0 fully saturated rings. The molecule has 0 atom stereocenters. The first-order chi connectivity index (χ1) is 12.6. The third-order valence-corrected chi connectivity index (χ3v) is 5.40. The van der Waals surface area contributed by atoms with Crippen molar-refractivity contribution in [1.29, 1.82) is 0 Å². The van der Waals surface area contributed by atoms with E-state index in [1.807, 2.05) is 16.6 Å². The largest absolute Gasteiger partial charge is 0.192 e. The van der Waals surface area contributed by atoms with Crippen LogP contribution in [-0.4, -0.2) is 19.8 Å². The first kappa shape index (κ1) is 16.8. The van der Waals surface area contributed by atoms with Gasteiger partial charge in [0.15, 0.2) is 11.5 Å². The topological polar surface area (TPSA) is 43.1 Å². The van der Waals surface area contributed by atoms with Gasteiger partial charge in [-0.15, -0.1) is 10.2 Å². The van der Waals surface area contributed by atoms with E-state index in [4.69, 9.17) is 5.10 Å². The molecule has 2 heterocycles. The van der Waals surface area contributed by atoms with E-state index in [0.717, 1.165) is 27.8 Å². The zero-order valence-electron chi connectivity index (χ0n) is 15.1. The van der Waals surface area contributed by atoms with Crippen LogP contribution in [0.25, 0.3) is 17.0 Å². The molecule has 0 bridgehead atoms. The standard InChI is InChI=1S/C21H20N4S/c1-14-5-8-17(9-6-14)21-23-22-19-10-11-20(24-25(19)21)26-13-18-12-15(2)4-7-16(18)3/h4-12H,13H2,1-3H3. The van der Waals surface area contributed by atoms with Crippen molar-refractivity contribution in [3.05, 3.63) is 76.9 Å². The van der Waals surface area contributed by atoms with Crippen molar-refractivity contribution < 1.29 is 0 Å². The van der Waals surface area contributed by atoms with Gasteiger partial charge in [0.05, 0.1) is 0 Å². The van der Waals surface area contributed by atoms with Gasteiger partial charge in [0.25, 0.3) is 0 Å². The van der Waals surface area contributed by atoms with Crippen LogP contribution >= 0.6 is 11.8 Å².